The number of aromatic nitrogens is 2. The summed E-state index contributed by atoms with van der Waals surface area (Å²) in [5.74, 6) is 1.27. The largest absolute Gasteiger partial charge is 0.357 e. The van der Waals surface area contributed by atoms with E-state index < -0.39 is 0 Å². The number of halogens is 1. The van der Waals surface area contributed by atoms with Crippen molar-refractivity contribution in [3.05, 3.63) is 54.1 Å². The van der Waals surface area contributed by atoms with Crippen molar-refractivity contribution in [1.82, 2.24) is 20.2 Å². The average molecular weight is 441 g/mol. The monoisotopic (exact) mass is 441 g/mol. The molecule has 1 aromatic carbocycles. The normalized spacial score (nSPS) is 12.4. The van der Waals surface area contributed by atoms with Crippen LogP contribution < -0.4 is 10.6 Å². The molecule has 0 saturated carbocycles. The molecule has 0 bridgehead atoms. The van der Waals surface area contributed by atoms with Crippen molar-refractivity contribution in [3.63, 3.8) is 0 Å². The molecule has 5 nitrogen and oxygen atoms in total. The highest BCUT2D eigenvalue weighted by atomic mass is 127. The van der Waals surface area contributed by atoms with E-state index in [1.807, 2.05) is 17.1 Å². The summed E-state index contributed by atoms with van der Waals surface area (Å²) in [4.78, 5) is 8.75. The molecule has 1 aromatic heterocycles. The Morgan fingerprint density at radius 3 is 2.62 bits per heavy atom. The van der Waals surface area contributed by atoms with Gasteiger partial charge in [0.25, 0.3) is 0 Å². The molecule has 2 rings (SSSR count). The number of hydrogen-bond acceptors (Lipinski definition) is 2. The molecule has 0 radical (unpaired) electrons. The Hall–Kier alpha value is -1.57. The highest BCUT2D eigenvalue weighted by Gasteiger charge is 2.05. The lowest BCUT2D eigenvalue weighted by molar-refractivity contribution is 0.659. The number of benzene rings is 1. The van der Waals surface area contributed by atoms with E-state index >= 15 is 0 Å². The Morgan fingerprint density at radius 2 is 2.00 bits per heavy atom. The zero-order valence-corrected chi connectivity index (χ0v) is 17.0. The van der Waals surface area contributed by atoms with Crippen LogP contribution in [-0.4, -0.2) is 35.1 Å². The minimum Gasteiger partial charge on any atom is -0.357 e. The number of aliphatic imine (C=N–C) groups is 1. The summed E-state index contributed by atoms with van der Waals surface area (Å²) in [5.41, 5.74) is 2.62. The van der Waals surface area contributed by atoms with Crippen LogP contribution in [0.3, 0.4) is 0 Å². The maximum absolute atomic E-state index is 4.70. The van der Waals surface area contributed by atoms with Crippen molar-refractivity contribution in [3.8, 4) is 0 Å². The van der Waals surface area contributed by atoms with Crippen LogP contribution in [0.1, 0.15) is 30.9 Å². The van der Waals surface area contributed by atoms with E-state index in [0.717, 1.165) is 32.1 Å². The van der Waals surface area contributed by atoms with E-state index in [2.05, 4.69) is 60.7 Å². The van der Waals surface area contributed by atoms with Crippen LogP contribution in [0.15, 0.2) is 48.0 Å². The molecule has 6 heteroatoms. The van der Waals surface area contributed by atoms with Crippen LogP contribution in [0.2, 0.25) is 0 Å². The van der Waals surface area contributed by atoms with Crippen LogP contribution in [0.25, 0.3) is 0 Å². The van der Waals surface area contributed by atoms with Gasteiger partial charge in [0.2, 0.25) is 0 Å². The number of imidazole rings is 1. The van der Waals surface area contributed by atoms with Gasteiger partial charge < -0.3 is 15.2 Å². The molecule has 0 aliphatic rings. The van der Waals surface area contributed by atoms with Crippen molar-refractivity contribution < 1.29 is 0 Å². The maximum atomic E-state index is 4.70. The summed E-state index contributed by atoms with van der Waals surface area (Å²) in [6.07, 6.45) is 5.58. The molecule has 0 fully saturated rings. The Morgan fingerprint density at radius 1 is 1.25 bits per heavy atom. The van der Waals surface area contributed by atoms with Gasteiger partial charge in [0.15, 0.2) is 5.96 Å². The lowest BCUT2D eigenvalue weighted by Gasteiger charge is -2.14. The van der Waals surface area contributed by atoms with Crippen LogP contribution in [0, 0.1) is 6.92 Å². The van der Waals surface area contributed by atoms with Crippen molar-refractivity contribution in [1.29, 1.82) is 0 Å². The van der Waals surface area contributed by atoms with Gasteiger partial charge in [0.05, 0.1) is 6.33 Å². The van der Waals surface area contributed by atoms with E-state index in [9.17, 15) is 0 Å². The predicted octanol–water partition coefficient (Wildman–Crippen LogP) is 3.17. The first-order valence-corrected chi connectivity index (χ1v) is 8.23. The summed E-state index contributed by atoms with van der Waals surface area (Å²) in [6, 6.07) is 8.69. The van der Waals surface area contributed by atoms with Gasteiger partial charge in [0.1, 0.15) is 0 Å². The van der Waals surface area contributed by atoms with Crippen LogP contribution >= 0.6 is 24.0 Å². The van der Waals surface area contributed by atoms with Crippen LogP contribution in [0.5, 0.6) is 0 Å². The molecule has 132 valence electrons. The van der Waals surface area contributed by atoms with E-state index in [4.69, 9.17) is 4.99 Å². The lowest BCUT2D eigenvalue weighted by atomic mass is 10.0. The highest BCUT2D eigenvalue weighted by molar-refractivity contribution is 14.0. The van der Waals surface area contributed by atoms with Gasteiger partial charge in [0, 0.05) is 44.5 Å². The molecule has 2 aromatic rings. The first kappa shape index (κ1) is 20.5. The number of nitrogens with zero attached hydrogens (tertiary/aromatic N) is 3. The Kier molecular flexibility index (Phi) is 9.44. The third-order valence-electron chi connectivity index (χ3n) is 3.74. The molecular formula is C18H28IN5. The minimum absolute atomic E-state index is 0. The number of aryl methyl sites for hydroxylation is 1. The first-order valence-electron chi connectivity index (χ1n) is 8.23. The van der Waals surface area contributed by atoms with Gasteiger partial charge in [-0.05, 0) is 19.4 Å². The molecule has 1 atom stereocenters. The minimum atomic E-state index is 0. The number of nitrogens with one attached hydrogen (secondary N) is 2. The molecule has 1 heterocycles. The third-order valence-corrected chi connectivity index (χ3v) is 3.74. The molecule has 0 spiro atoms. The smallest absolute Gasteiger partial charge is 0.191 e. The maximum Gasteiger partial charge on any atom is 0.191 e. The van der Waals surface area contributed by atoms with Gasteiger partial charge in [-0.15, -0.1) is 24.0 Å². The predicted molar refractivity (Wildman–Crippen MR) is 111 cm³/mol. The molecule has 0 aliphatic heterocycles. The quantitative estimate of drug-likeness (QED) is 0.394. The highest BCUT2D eigenvalue weighted by Crippen LogP contribution is 2.15. The third kappa shape index (κ3) is 6.90. The summed E-state index contributed by atoms with van der Waals surface area (Å²) in [7, 11) is 0. The topological polar surface area (TPSA) is 54.2 Å². The lowest BCUT2D eigenvalue weighted by Crippen LogP contribution is -2.39. The van der Waals surface area contributed by atoms with Gasteiger partial charge in [-0.25, -0.2) is 4.98 Å². The van der Waals surface area contributed by atoms with Gasteiger partial charge in [-0.2, -0.15) is 0 Å². The summed E-state index contributed by atoms with van der Waals surface area (Å²) in [5, 5.41) is 6.66. The Balaban J connectivity index is 0.00000288. The van der Waals surface area contributed by atoms with Crippen molar-refractivity contribution in [2.75, 3.05) is 19.6 Å². The van der Waals surface area contributed by atoms with Gasteiger partial charge in [-0.3, -0.25) is 4.99 Å². The summed E-state index contributed by atoms with van der Waals surface area (Å²) >= 11 is 0. The van der Waals surface area contributed by atoms with E-state index in [1.54, 1.807) is 6.20 Å². The zero-order chi connectivity index (χ0) is 16.5. The first-order chi connectivity index (χ1) is 11.2. The standard InChI is InChI=1S/C18H27N5.HI/c1-4-20-18(21-10-12-23-11-9-19-14-23)22-13-16(3)17-7-5-15(2)6-8-17;/h5-9,11,14,16H,4,10,12-13H2,1-3H3,(H2,20,21,22);1H. The fourth-order valence-corrected chi connectivity index (χ4v) is 2.29. The molecular weight excluding hydrogens is 413 g/mol. The number of rotatable bonds is 7. The Labute approximate surface area is 162 Å². The fraction of sp³-hybridized carbons (Fsp3) is 0.444. The SMILES string of the molecule is CCNC(=NCC(C)c1ccc(C)cc1)NCCn1ccnc1.I. The van der Waals surface area contributed by atoms with Crippen molar-refractivity contribution in [2.24, 2.45) is 4.99 Å². The van der Waals surface area contributed by atoms with Gasteiger partial charge in [-0.1, -0.05) is 36.8 Å². The summed E-state index contributed by atoms with van der Waals surface area (Å²) < 4.78 is 2.05. The van der Waals surface area contributed by atoms with Crippen LogP contribution in [0.4, 0.5) is 0 Å². The molecule has 0 amide bonds. The summed E-state index contributed by atoms with van der Waals surface area (Å²) in [6.45, 7) is 9.72. The van der Waals surface area contributed by atoms with E-state index in [1.165, 1.54) is 11.1 Å². The molecule has 1 unspecified atom stereocenters. The molecule has 0 aliphatic carbocycles. The molecule has 0 saturated heterocycles. The second-order valence-electron chi connectivity index (χ2n) is 5.76. The molecule has 2 N–H and O–H groups in total. The average Bonchev–Trinajstić information content (AvgIpc) is 3.06. The second-order valence-corrected chi connectivity index (χ2v) is 5.76. The van der Waals surface area contributed by atoms with Crippen molar-refractivity contribution >= 4 is 29.9 Å². The zero-order valence-electron chi connectivity index (χ0n) is 14.7. The Bertz CT molecular complexity index is 592. The van der Waals surface area contributed by atoms with Crippen LogP contribution in [-0.2, 0) is 6.54 Å². The second kappa shape index (κ2) is 11.1. The van der Waals surface area contributed by atoms with Gasteiger partial charge >= 0.3 is 0 Å². The number of hydrogen-bond donors (Lipinski definition) is 2. The molecule has 24 heavy (non-hydrogen) atoms. The van der Waals surface area contributed by atoms with E-state index in [0.29, 0.717) is 5.92 Å². The fourth-order valence-electron chi connectivity index (χ4n) is 2.29. The van der Waals surface area contributed by atoms with E-state index in [-0.39, 0.29) is 24.0 Å². The number of guanidine groups is 1. The van der Waals surface area contributed by atoms with Crippen molar-refractivity contribution in [2.45, 2.75) is 33.2 Å².